The van der Waals surface area contributed by atoms with Crippen molar-refractivity contribution in [1.29, 1.82) is 0 Å². The summed E-state index contributed by atoms with van der Waals surface area (Å²) in [5.74, 6) is -2.56. The van der Waals surface area contributed by atoms with Crippen LogP contribution >= 0.6 is 0 Å². The van der Waals surface area contributed by atoms with E-state index in [1.807, 2.05) is 0 Å². The molecule has 0 unspecified atom stereocenters. The third-order valence-electron chi connectivity index (χ3n) is 5.52. The maximum atomic E-state index is 12.5. The first kappa shape index (κ1) is 36.4. The highest BCUT2D eigenvalue weighted by Gasteiger charge is 2.18. The number of benzene rings is 2. The highest BCUT2D eigenvalue weighted by Crippen LogP contribution is 2.17. The molecule has 0 saturated heterocycles. The number of carbonyl (C=O) groups is 4. The van der Waals surface area contributed by atoms with Gasteiger partial charge in [-0.15, -0.1) is 0 Å². The number of amides is 1. The van der Waals surface area contributed by atoms with E-state index in [0.29, 0.717) is 31.1 Å². The van der Waals surface area contributed by atoms with Crippen molar-refractivity contribution >= 4 is 35.6 Å². The molecule has 0 atom stereocenters. The van der Waals surface area contributed by atoms with Crippen LogP contribution in [0.5, 0.6) is 5.75 Å². The fourth-order valence-corrected chi connectivity index (χ4v) is 3.37. The molecule has 0 saturated carbocycles. The minimum Gasteiger partial charge on any atom is -0.481 e. The number of guanidine groups is 1. The summed E-state index contributed by atoms with van der Waals surface area (Å²) in [4.78, 5) is 51.4. The van der Waals surface area contributed by atoms with Gasteiger partial charge in [0, 0.05) is 6.54 Å². The first-order chi connectivity index (χ1) is 21.6. The van der Waals surface area contributed by atoms with Crippen LogP contribution in [0.1, 0.15) is 22.3 Å². The molecule has 0 radical (unpaired) electrons. The highest BCUT2D eigenvalue weighted by molar-refractivity contribution is 5.91. The number of hydrogen-bond acceptors (Lipinski definition) is 11. The van der Waals surface area contributed by atoms with Gasteiger partial charge in [0.2, 0.25) is 0 Å². The van der Waals surface area contributed by atoms with Gasteiger partial charge in [-0.05, 0) is 42.0 Å². The van der Waals surface area contributed by atoms with E-state index in [0.717, 1.165) is 4.90 Å². The van der Waals surface area contributed by atoms with Crippen LogP contribution < -0.4 is 16.2 Å². The molecule has 0 spiro atoms. The molecule has 2 aromatic carbocycles. The van der Waals surface area contributed by atoms with Gasteiger partial charge in [-0.3, -0.25) is 14.5 Å². The number of carboxylic acid groups (broad SMARTS) is 2. The van der Waals surface area contributed by atoms with Gasteiger partial charge in [0.25, 0.3) is 0 Å². The summed E-state index contributed by atoms with van der Waals surface area (Å²) < 4.78 is 31.8. The summed E-state index contributed by atoms with van der Waals surface area (Å²) in [5, 5.41) is 17.7. The molecule has 6 N–H and O–H groups in total. The second-order valence-corrected chi connectivity index (χ2v) is 9.08. The number of rotatable bonds is 22. The Morgan fingerprint density at radius 2 is 1.27 bits per heavy atom. The SMILES string of the molecule is NC(N)=Nc1ccc(C(=O)Oc2ccc(COC(=O)N(CCOCCOCCOCCOCCC(=O)O)CC(=O)O)cc2)cc1. The van der Waals surface area contributed by atoms with Crippen LogP contribution in [-0.4, -0.2) is 111 Å². The molecule has 0 aliphatic carbocycles. The molecular formula is C29H38N4O12. The number of nitrogens with zero attached hydrogens (tertiary/aromatic N) is 2. The fraction of sp³-hybridized carbons (Fsp3) is 0.414. The Morgan fingerprint density at radius 1 is 0.711 bits per heavy atom. The number of carbonyl (C=O) groups excluding carboxylic acids is 2. The predicted molar refractivity (Wildman–Crippen MR) is 158 cm³/mol. The van der Waals surface area contributed by atoms with Gasteiger partial charge in [-0.25, -0.2) is 14.6 Å². The van der Waals surface area contributed by atoms with E-state index in [2.05, 4.69) is 4.99 Å². The lowest BCUT2D eigenvalue weighted by Crippen LogP contribution is -2.38. The number of ether oxygens (including phenoxy) is 6. The molecule has 0 aromatic heterocycles. The second kappa shape index (κ2) is 21.0. The van der Waals surface area contributed by atoms with Crippen molar-refractivity contribution in [3.63, 3.8) is 0 Å². The molecule has 1 amide bonds. The molecule has 0 bridgehead atoms. The van der Waals surface area contributed by atoms with E-state index in [9.17, 15) is 19.2 Å². The molecule has 0 heterocycles. The number of hydrogen-bond donors (Lipinski definition) is 4. The lowest BCUT2D eigenvalue weighted by Gasteiger charge is -2.20. The maximum Gasteiger partial charge on any atom is 0.410 e. The first-order valence-electron chi connectivity index (χ1n) is 13.8. The molecule has 0 fully saturated rings. The Bertz CT molecular complexity index is 1230. The largest absolute Gasteiger partial charge is 0.481 e. The van der Waals surface area contributed by atoms with Gasteiger partial charge >= 0.3 is 24.0 Å². The van der Waals surface area contributed by atoms with Gasteiger partial charge in [0.05, 0.1) is 70.5 Å². The normalized spacial score (nSPS) is 10.6. The zero-order valence-corrected chi connectivity index (χ0v) is 24.6. The summed E-state index contributed by atoms with van der Waals surface area (Å²) in [5.41, 5.74) is 12.0. The number of nitrogens with two attached hydrogens (primary N) is 2. The van der Waals surface area contributed by atoms with Crippen molar-refractivity contribution in [3.8, 4) is 5.75 Å². The van der Waals surface area contributed by atoms with Crippen molar-refractivity contribution in [3.05, 3.63) is 59.7 Å². The summed E-state index contributed by atoms with van der Waals surface area (Å²) in [6, 6.07) is 12.4. The van der Waals surface area contributed by atoms with E-state index in [1.54, 1.807) is 24.3 Å². The Labute approximate surface area is 259 Å². The summed E-state index contributed by atoms with van der Waals surface area (Å²) in [6.45, 7) is 1.19. The molecule has 16 heteroatoms. The smallest absolute Gasteiger partial charge is 0.410 e. The van der Waals surface area contributed by atoms with Crippen LogP contribution in [0, 0.1) is 0 Å². The topological polar surface area (TPSA) is 232 Å². The van der Waals surface area contributed by atoms with Crippen LogP contribution in [0.4, 0.5) is 10.5 Å². The van der Waals surface area contributed by atoms with Gasteiger partial charge in [-0.2, -0.15) is 0 Å². The van der Waals surface area contributed by atoms with Crippen molar-refractivity contribution in [1.82, 2.24) is 4.90 Å². The molecule has 2 rings (SSSR count). The van der Waals surface area contributed by atoms with E-state index in [1.165, 1.54) is 24.3 Å². The van der Waals surface area contributed by atoms with Crippen molar-refractivity contribution < 1.29 is 57.8 Å². The molecule has 16 nitrogen and oxygen atoms in total. The first-order valence-corrected chi connectivity index (χ1v) is 13.8. The quantitative estimate of drug-likeness (QED) is 0.0471. The fourth-order valence-electron chi connectivity index (χ4n) is 3.37. The maximum absolute atomic E-state index is 12.5. The predicted octanol–water partition coefficient (Wildman–Crippen LogP) is 1.38. The lowest BCUT2D eigenvalue weighted by atomic mass is 10.2. The summed E-state index contributed by atoms with van der Waals surface area (Å²) >= 11 is 0. The molecule has 0 aliphatic heterocycles. The molecular weight excluding hydrogens is 596 g/mol. The van der Waals surface area contributed by atoms with Crippen LogP contribution in [0.25, 0.3) is 0 Å². The Kier molecular flexibility index (Phi) is 17.0. The Morgan fingerprint density at radius 3 is 1.80 bits per heavy atom. The number of carboxylic acids is 2. The average molecular weight is 635 g/mol. The number of aliphatic imine (C=N–C) groups is 1. The van der Waals surface area contributed by atoms with E-state index < -0.39 is 30.5 Å². The van der Waals surface area contributed by atoms with Crippen LogP contribution in [0.15, 0.2) is 53.5 Å². The molecule has 0 aliphatic rings. The Hall–Kier alpha value is -4.77. The van der Waals surface area contributed by atoms with E-state index in [-0.39, 0.29) is 69.9 Å². The number of aliphatic carboxylic acids is 2. The standard InChI is InChI=1S/C29H38N4O12/c30-28(31)32-23-5-3-22(4-6-23)27(38)45-24-7-1-21(2-8-24)20-44-29(39)33(19-26(36)37)10-12-41-14-16-43-18-17-42-15-13-40-11-9-25(34)35/h1-8H,9-20H2,(H,34,35)(H,36,37)(H4,30,31,32). The zero-order valence-electron chi connectivity index (χ0n) is 24.6. The summed E-state index contributed by atoms with van der Waals surface area (Å²) in [7, 11) is 0. The van der Waals surface area contributed by atoms with E-state index >= 15 is 0 Å². The Balaban J connectivity index is 1.64. The van der Waals surface area contributed by atoms with Gasteiger partial charge < -0.3 is 50.1 Å². The highest BCUT2D eigenvalue weighted by atomic mass is 16.6. The van der Waals surface area contributed by atoms with Crippen molar-refractivity contribution in [2.24, 2.45) is 16.5 Å². The van der Waals surface area contributed by atoms with Gasteiger partial charge in [-0.1, -0.05) is 12.1 Å². The van der Waals surface area contributed by atoms with Crippen molar-refractivity contribution in [2.75, 3.05) is 65.9 Å². The van der Waals surface area contributed by atoms with Crippen molar-refractivity contribution in [2.45, 2.75) is 13.0 Å². The molecule has 2 aromatic rings. The number of esters is 1. The molecule has 45 heavy (non-hydrogen) atoms. The zero-order chi connectivity index (χ0) is 32.9. The van der Waals surface area contributed by atoms with Crippen LogP contribution in [-0.2, 0) is 39.9 Å². The lowest BCUT2D eigenvalue weighted by molar-refractivity contribution is -0.139. The average Bonchev–Trinajstić information content (AvgIpc) is 2.99. The second-order valence-electron chi connectivity index (χ2n) is 9.08. The van der Waals surface area contributed by atoms with Crippen LogP contribution in [0.3, 0.4) is 0 Å². The third kappa shape index (κ3) is 16.6. The summed E-state index contributed by atoms with van der Waals surface area (Å²) in [6.07, 6.45) is -0.891. The third-order valence-corrected chi connectivity index (χ3v) is 5.52. The van der Waals surface area contributed by atoms with E-state index in [4.69, 9.17) is 50.1 Å². The molecule has 246 valence electrons. The monoisotopic (exact) mass is 634 g/mol. The van der Waals surface area contributed by atoms with Gasteiger partial charge in [0.15, 0.2) is 5.96 Å². The van der Waals surface area contributed by atoms with Gasteiger partial charge in [0.1, 0.15) is 18.9 Å². The minimum absolute atomic E-state index is 0.0159. The van der Waals surface area contributed by atoms with Crippen LogP contribution in [0.2, 0.25) is 0 Å². The minimum atomic E-state index is -1.21.